The summed E-state index contributed by atoms with van der Waals surface area (Å²) in [6.07, 6.45) is 5.80. The van der Waals surface area contributed by atoms with Gasteiger partial charge in [-0.05, 0) is 12.1 Å². The first-order valence-electron chi connectivity index (χ1n) is 3.80. The lowest BCUT2D eigenvalue weighted by Gasteiger charge is -1.95. The first-order chi connectivity index (χ1) is 6.40. The molecule has 0 aliphatic heterocycles. The summed E-state index contributed by atoms with van der Waals surface area (Å²) in [7, 11) is 0. The third-order valence-electron chi connectivity index (χ3n) is 1.71. The number of aldehydes is 1. The first-order valence-corrected chi connectivity index (χ1v) is 3.80. The Morgan fingerprint density at radius 3 is 3.08 bits per heavy atom. The van der Waals surface area contributed by atoms with Gasteiger partial charge in [-0.15, -0.1) is 0 Å². The molecule has 2 aromatic rings. The average Bonchev–Trinajstić information content (AvgIpc) is 2.71. The third kappa shape index (κ3) is 1.46. The predicted octanol–water partition coefficient (Wildman–Crippen LogP) is 1.28. The van der Waals surface area contributed by atoms with Gasteiger partial charge in [0.15, 0.2) is 0 Å². The molecule has 64 valence electrons. The summed E-state index contributed by atoms with van der Waals surface area (Å²) in [6.45, 7) is 0. The maximum atomic E-state index is 10.5. The van der Waals surface area contributed by atoms with Crippen LogP contribution >= 0.6 is 0 Å². The lowest BCUT2D eigenvalue weighted by atomic mass is 10.2. The highest BCUT2D eigenvalue weighted by molar-refractivity contribution is 5.77. The van der Waals surface area contributed by atoms with E-state index in [1.165, 1.54) is 0 Å². The Hall–Kier alpha value is -1.97. The Bertz CT molecular complexity index is 409. The molecule has 4 heteroatoms. The highest BCUT2D eigenvalue weighted by Crippen LogP contribution is 2.14. The quantitative estimate of drug-likeness (QED) is 0.696. The maximum absolute atomic E-state index is 10.5. The summed E-state index contributed by atoms with van der Waals surface area (Å²) in [5, 5.41) is 6.49. The number of rotatable bonds is 2. The second kappa shape index (κ2) is 3.18. The number of hydrogen-bond acceptors (Lipinski definition) is 3. The van der Waals surface area contributed by atoms with E-state index in [2.05, 4.69) is 15.2 Å². The first kappa shape index (κ1) is 7.67. The summed E-state index contributed by atoms with van der Waals surface area (Å²) in [6, 6.07) is 3.38. The fourth-order valence-corrected chi connectivity index (χ4v) is 1.07. The zero-order chi connectivity index (χ0) is 9.10. The zero-order valence-electron chi connectivity index (χ0n) is 6.77. The maximum Gasteiger partial charge on any atom is 0.150 e. The Morgan fingerprint density at radius 1 is 1.46 bits per heavy atom. The van der Waals surface area contributed by atoms with Crippen molar-refractivity contribution in [3.05, 3.63) is 36.3 Å². The molecule has 2 heterocycles. The van der Waals surface area contributed by atoms with Crippen molar-refractivity contribution in [3.8, 4) is 11.3 Å². The Balaban J connectivity index is 2.47. The Labute approximate surface area is 74.6 Å². The summed E-state index contributed by atoms with van der Waals surface area (Å²) in [5.41, 5.74) is 2.24. The highest BCUT2D eigenvalue weighted by Gasteiger charge is 2.00. The van der Waals surface area contributed by atoms with Crippen LogP contribution in [0.1, 0.15) is 10.4 Å². The second-order valence-corrected chi connectivity index (χ2v) is 2.58. The van der Waals surface area contributed by atoms with Crippen LogP contribution in [0.5, 0.6) is 0 Å². The summed E-state index contributed by atoms with van der Waals surface area (Å²) >= 11 is 0. The minimum absolute atomic E-state index is 0.617. The zero-order valence-corrected chi connectivity index (χ0v) is 6.77. The van der Waals surface area contributed by atoms with Crippen LogP contribution in [0.15, 0.2) is 30.7 Å². The summed E-state index contributed by atoms with van der Waals surface area (Å²) in [4.78, 5) is 14.6. The molecule has 4 nitrogen and oxygen atoms in total. The van der Waals surface area contributed by atoms with E-state index in [1.807, 2.05) is 0 Å². The number of pyridine rings is 1. The van der Waals surface area contributed by atoms with Gasteiger partial charge in [-0.25, -0.2) is 0 Å². The number of nitrogens with zero attached hydrogens (tertiary/aromatic N) is 2. The van der Waals surface area contributed by atoms with Crippen molar-refractivity contribution in [2.24, 2.45) is 0 Å². The number of nitrogens with one attached hydrogen (secondary N) is 1. The number of aromatic nitrogens is 3. The molecule has 0 spiro atoms. The molecule has 0 radical (unpaired) electrons. The SMILES string of the molecule is O=Cc1ccnc(-c2cn[nH]c2)c1. The molecule has 1 N–H and O–H groups in total. The molecule has 0 aromatic carbocycles. The minimum atomic E-state index is 0.617. The molecule has 0 saturated carbocycles. The van der Waals surface area contributed by atoms with Gasteiger partial charge in [0, 0.05) is 23.5 Å². The van der Waals surface area contributed by atoms with Crippen LogP contribution in [0.2, 0.25) is 0 Å². The van der Waals surface area contributed by atoms with E-state index in [9.17, 15) is 4.79 Å². The van der Waals surface area contributed by atoms with Crippen molar-refractivity contribution < 1.29 is 4.79 Å². The lowest BCUT2D eigenvalue weighted by Crippen LogP contribution is -1.84. The molecule has 0 fully saturated rings. The lowest BCUT2D eigenvalue weighted by molar-refractivity contribution is 0.112. The van der Waals surface area contributed by atoms with Gasteiger partial charge >= 0.3 is 0 Å². The molecule has 0 bridgehead atoms. The largest absolute Gasteiger partial charge is 0.298 e. The van der Waals surface area contributed by atoms with Gasteiger partial charge in [-0.2, -0.15) is 5.10 Å². The highest BCUT2D eigenvalue weighted by atomic mass is 16.1. The van der Waals surface area contributed by atoms with Gasteiger partial charge in [-0.1, -0.05) is 0 Å². The summed E-state index contributed by atoms with van der Waals surface area (Å²) < 4.78 is 0. The van der Waals surface area contributed by atoms with Gasteiger partial charge in [0.05, 0.1) is 11.9 Å². The Kier molecular flexibility index (Phi) is 1.88. The van der Waals surface area contributed by atoms with Gasteiger partial charge in [-0.3, -0.25) is 14.9 Å². The second-order valence-electron chi connectivity index (χ2n) is 2.58. The van der Waals surface area contributed by atoms with Crippen LogP contribution in [0.4, 0.5) is 0 Å². The molecule has 2 rings (SSSR count). The topological polar surface area (TPSA) is 58.6 Å². The number of H-pyrrole nitrogens is 1. The van der Waals surface area contributed by atoms with Gasteiger partial charge in [0.1, 0.15) is 6.29 Å². The summed E-state index contributed by atoms with van der Waals surface area (Å²) in [5.74, 6) is 0. The molecule has 0 atom stereocenters. The van der Waals surface area contributed by atoms with Crippen LogP contribution in [0.3, 0.4) is 0 Å². The van der Waals surface area contributed by atoms with Gasteiger partial charge in [0.25, 0.3) is 0 Å². The third-order valence-corrected chi connectivity index (χ3v) is 1.71. The fraction of sp³-hybridized carbons (Fsp3) is 0. The number of hydrogen-bond donors (Lipinski definition) is 1. The molecule has 0 unspecified atom stereocenters. The van der Waals surface area contributed by atoms with Crippen molar-refractivity contribution in [1.29, 1.82) is 0 Å². The van der Waals surface area contributed by atoms with Crippen molar-refractivity contribution >= 4 is 6.29 Å². The van der Waals surface area contributed by atoms with Gasteiger partial charge < -0.3 is 0 Å². The van der Waals surface area contributed by atoms with Crippen molar-refractivity contribution in [2.45, 2.75) is 0 Å². The predicted molar refractivity (Wildman–Crippen MR) is 47.2 cm³/mol. The molecule has 0 aliphatic rings. The van der Waals surface area contributed by atoms with E-state index >= 15 is 0 Å². The van der Waals surface area contributed by atoms with Crippen molar-refractivity contribution in [1.82, 2.24) is 15.2 Å². The van der Waals surface area contributed by atoms with Crippen LogP contribution in [-0.2, 0) is 0 Å². The Morgan fingerprint density at radius 2 is 2.38 bits per heavy atom. The van der Waals surface area contributed by atoms with Crippen LogP contribution in [0, 0.1) is 0 Å². The van der Waals surface area contributed by atoms with Crippen molar-refractivity contribution in [3.63, 3.8) is 0 Å². The monoisotopic (exact) mass is 173 g/mol. The number of carbonyl (C=O) groups excluding carboxylic acids is 1. The number of carbonyl (C=O) groups is 1. The van der Waals surface area contributed by atoms with Gasteiger partial charge in [0.2, 0.25) is 0 Å². The van der Waals surface area contributed by atoms with E-state index in [-0.39, 0.29) is 0 Å². The standard InChI is InChI=1S/C9H7N3O/c13-6-7-1-2-10-9(3-7)8-4-11-12-5-8/h1-6H,(H,11,12). The number of aromatic amines is 1. The molecule has 13 heavy (non-hydrogen) atoms. The van der Waals surface area contributed by atoms with Crippen LogP contribution < -0.4 is 0 Å². The van der Waals surface area contributed by atoms with E-state index in [4.69, 9.17) is 0 Å². The molecule has 0 saturated heterocycles. The molecule has 2 aromatic heterocycles. The van der Waals surface area contributed by atoms with E-state index < -0.39 is 0 Å². The van der Waals surface area contributed by atoms with Crippen LogP contribution in [0.25, 0.3) is 11.3 Å². The van der Waals surface area contributed by atoms with Crippen LogP contribution in [-0.4, -0.2) is 21.5 Å². The minimum Gasteiger partial charge on any atom is -0.298 e. The molecular weight excluding hydrogens is 166 g/mol. The fourth-order valence-electron chi connectivity index (χ4n) is 1.07. The van der Waals surface area contributed by atoms with E-state index in [0.717, 1.165) is 17.5 Å². The smallest absolute Gasteiger partial charge is 0.150 e. The van der Waals surface area contributed by atoms with E-state index in [0.29, 0.717) is 5.56 Å². The normalized spacial score (nSPS) is 9.85. The van der Waals surface area contributed by atoms with E-state index in [1.54, 1.807) is 30.7 Å². The molecular formula is C9H7N3O. The molecule has 0 aliphatic carbocycles. The average molecular weight is 173 g/mol. The molecule has 0 amide bonds. The van der Waals surface area contributed by atoms with Crippen molar-refractivity contribution in [2.75, 3.05) is 0 Å².